The summed E-state index contributed by atoms with van der Waals surface area (Å²) >= 11 is 0. The van der Waals surface area contributed by atoms with E-state index in [1.807, 2.05) is 18.2 Å². The maximum atomic E-state index is 10.5. The molecule has 0 spiro atoms. The molecule has 0 saturated heterocycles. The number of carboxylic acids is 1. The third-order valence-corrected chi connectivity index (χ3v) is 2.39. The Hall–Kier alpha value is -2.36. The average Bonchev–Trinajstić information content (AvgIpc) is 2.38. The van der Waals surface area contributed by atoms with E-state index in [-0.39, 0.29) is 6.42 Å². The van der Waals surface area contributed by atoms with Gasteiger partial charge in [-0.2, -0.15) is 0 Å². The van der Waals surface area contributed by atoms with Crippen molar-refractivity contribution in [2.75, 3.05) is 0 Å². The van der Waals surface area contributed by atoms with Crippen molar-refractivity contribution in [3.05, 3.63) is 59.9 Å². The summed E-state index contributed by atoms with van der Waals surface area (Å²) in [6.45, 7) is 0.402. The highest BCUT2D eigenvalue weighted by molar-refractivity contribution is 5.70. The van der Waals surface area contributed by atoms with Gasteiger partial charge in [-0.25, -0.2) is 0 Å². The van der Waals surface area contributed by atoms with Crippen LogP contribution in [0.2, 0.25) is 0 Å². The normalized spacial score (nSPS) is 10.0. The molecule has 2 aromatic rings. The quantitative estimate of drug-likeness (QED) is 0.875. The molecule has 0 saturated carbocycles. The summed E-state index contributed by atoms with van der Waals surface area (Å²) in [6.07, 6.45) is 1.75. The highest BCUT2D eigenvalue weighted by atomic mass is 16.5. The summed E-state index contributed by atoms with van der Waals surface area (Å²) < 4.78 is 5.54. The number of aromatic nitrogens is 1. The van der Waals surface area contributed by atoms with Gasteiger partial charge in [-0.05, 0) is 29.8 Å². The summed E-state index contributed by atoms with van der Waals surface area (Å²) in [4.78, 5) is 14.7. The van der Waals surface area contributed by atoms with Gasteiger partial charge in [0.2, 0.25) is 0 Å². The average molecular weight is 243 g/mol. The van der Waals surface area contributed by atoms with Crippen molar-refractivity contribution in [3.63, 3.8) is 0 Å². The molecule has 4 nitrogen and oxygen atoms in total. The van der Waals surface area contributed by atoms with Crippen LogP contribution in [-0.2, 0) is 17.8 Å². The van der Waals surface area contributed by atoms with Crippen molar-refractivity contribution >= 4 is 5.97 Å². The molecular formula is C14H13NO3. The van der Waals surface area contributed by atoms with Crippen LogP contribution in [0.15, 0.2) is 48.7 Å². The van der Waals surface area contributed by atoms with Crippen LogP contribution in [0, 0.1) is 0 Å². The second kappa shape index (κ2) is 5.82. The van der Waals surface area contributed by atoms with Crippen LogP contribution in [0.25, 0.3) is 0 Å². The van der Waals surface area contributed by atoms with Gasteiger partial charge in [0.25, 0.3) is 0 Å². The fraction of sp³-hybridized carbons (Fsp3) is 0.143. The molecule has 0 aliphatic heterocycles. The van der Waals surface area contributed by atoms with Gasteiger partial charge in [-0.15, -0.1) is 0 Å². The lowest BCUT2D eigenvalue weighted by atomic mass is 10.1. The summed E-state index contributed by atoms with van der Waals surface area (Å²) in [5.41, 5.74) is 1.61. The predicted octanol–water partition coefficient (Wildman–Crippen LogP) is 2.29. The van der Waals surface area contributed by atoms with E-state index in [1.165, 1.54) is 0 Å². The van der Waals surface area contributed by atoms with E-state index in [9.17, 15) is 4.79 Å². The van der Waals surface area contributed by atoms with Gasteiger partial charge >= 0.3 is 5.97 Å². The number of hydrogen-bond acceptors (Lipinski definition) is 3. The lowest BCUT2D eigenvalue weighted by Gasteiger charge is -2.06. The van der Waals surface area contributed by atoms with Crippen LogP contribution in [0.4, 0.5) is 0 Å². The Bertz CT molecular complexity index is 508. The van der Waals surface area contributed by atoms with Gasteiger partial charge in [0.05, 0.1) is 12.1 Å². The Kier molecular flexibility index (Phi) is 3.91. The Morgan fingerprint density at radius 2 is 1.94 bits per heavy atom. The molecule has 0 bridgehead atoms. The monoisotopic (exact) mass is 243 g/mol. The molecule has 18 heavy (non-hydrogen) atoms. The summed E-state index contributed by atoms with van der Waals surface area (Å²) in [7, 11) is 0. The van der Waals surface area contributed by atoms with E-state index in [0.29, 0.717) is 12.4 Å². The molecule has 0 radical (unpaired) electrons. The first-order valence-corrected chi connectivity index (χ1v) is 5.57. The second-order valence-electron chi connectivity index (χ2n) is 3.82. The molecule has 1 aromatic carbocycles. The first kappa shape index (κ1) is 12.1. The number of ether oxygens (including phenoxy) is 1. The Morgan fingerprint density at radius 3 is 2.56 bits per heavy atom. The van der Waals surface area contributed by atoms with Crippen molar-refractivity contribution in [1.82, 2.24) is 4.98 Å². The van der Waals surface area contributed by atoms with Gasteiger partial charge in [-0.3, -0.25) is 9.78 Å². The first-order valence-electron chi connectivity index (χ1n) is 5.57. The summed E-state index contributed by atoms with van der Waals surface area (Å²) in [6, 6.07) is 12.7. The van der Waals surface area contributed by atoms with Crippen molar-refractivity contribution in [2.45, 2.75) is 13.0 Å². The molecule has 0 fully saturated rings. The molecule has 1 N–H and O–H groups in total. The molecule has 4 heteroatoms. The SMILES string of the molecule is O=C(O)Cc1ccc(OCc2ccccn2)cc1. The molecule has 0 unspecified atom stereocenters. The zero-order valence-corrected chi connectivity index (χ0v) is 9.74. The predicted molar refractivity (Wildman–Crippen MR) is 66.4 cm³/mol. The molecule has 92 valence electrons. The lowest BCUT2D eigenvalue weighted by Crippen LogP contribution is -2.00. The van der Waals surface area contributed by atoms with Crippen LogP contribution in [0.1, 0.15) is 11.3 Å². The standard InChI is InChI=1S/C14H13NO3/c16-14(17)9-11-4-6-13(7-5-11)18-10-12-3-1-2-8-15-12/h1-8H,9-10H2,(H,16,17). The second-order valence-corrected chi connectivity index (χ2v) is 3.82. The van der Waals surface area contributed by atoms with Gasteiger partial charge in [0.15, 0.2) is 0 Å². The molecule has 2 rings (SSSR count). The van der Waals surface area contributed by atoms with Gasteiger partial charge in [0.1, 0.15) is 12.4 Å². The third-order valence-electron chi connectivity index (χ3n) is 2.39. The molecule has 1 heterocycles. The van der Waals surface area contributed by atoms with E-state index >= 15 is 0 Å². The largest absolute Gasteiger partial charge is 0.487 e. The van der Waals surface area contributed by atoms with E-state index < -0.39 is 5.97 Å². The molecule has 0 aliphatic carbocycles. The van der Waals surface area contributed by atoms with Crippen LogP contribution in [-0.4, -0.2) is 16.1 Å². The van der Waals surface area contributed by atoms with Gasteiger partial charge < -0.3 is 9.84 Å². The van der Waals surface area contributed by atoms with Crippen molar-refractivity contribution in [3.8, 4) is 5.75 Å². The number of benzene rings is 1. The molecule has 0 amide bonds. The summed E-state index contributed by atoms with van der Waals surface area (Å²) in [5, 5.41) is 8.65. The molecule has 0 atom stereocenters. The van der Waals surface area contributed by atoms with Gasteiger partial charge in [-0.1, -0.05) is 18.2 Å². The Balaban J connectivity index is 1.92. The smallest absolute Gasteiger partial charge is 0.307 e. The maximum Gasteiger partial charge on any atom is 0.307 e. The van der Waals surface area contributed by atoms with Crippen LogP contribution >= 0.6 is 0 Å². The zero-order chi connectivity index (χ0) is 12.8. The van der Waals surface area contributed by atoms with E-state index in [4.69, 9.17) is 9.84 Å². The van der Waals surface area contributed by atoms with Crippen molar-refractivity contribution in [2.24, 2.45) is 0 Å². The molecule has 1 aromatic heterocycles. The number of pyridine rings is 1. The number of carbonyl (C=O) groups is 1. The number of rotatable bonds is 5. The van der Waals surface area contributed by atoms with Crippen molar-refractivity contribution in [1.29, 1.82) is 0 Å². The first-order chi connectivity index (χ1) is 8.74. The topological polar surface area (TPSA) is 59.4 Å². The minimum atomic E-state index is -0.836. The maximum absolute atomic E-state index is 10.5. The third kappa shape index (κ3) is 3.59. The van der Waals surface area contributed by atoms with E-state index in [1.54, 1.807) is 30.5 Å². The molecule has 0 aliphatic rings. The van der Waals surface area contributed by atoms with E-state index in [0.717, 1.165) is 11.3 Å². The zero-order valence-electron chi connectivity index (χ0n) is 9.74. The molecular weight excluding hydrogens is 230 g/mol. The van der Waals surface area contributed by atoms with Crippen LogP contribution in [0.5, 0.6) is 5.75 Å². The Labute approximate surface area is 105 Å². The minimum absolute atomic E-state index is 0.0283. The minimum Gasteiger partial charge on any atom is -0.487 e. The van der Waals surface area contributed by atoms with E-state index in [2.05, 4.69) is 4.98 Å². The summed E-state index contributed by atoms with van der Waals surface area (Å²) in [5.74, 6) is -0.132. The number of aliphatic carboxylic acids is 1. The van der Waals surface area contributed by atoms with Crippen molar-refractivity contribution < 1.29 is 14.6 Å². The fourth-order valence-electron chi connectivity index (χ4n) is 1.52. The number of nitrogens with zero attached hydrogens (tertiary/aromatic N) is 1. The van der Waals surface area contributed by atoms with Crippen LogP contribution < -0.4 is 4.74 Å². The number of hydrogen-bond donors (Lipinski definition) is 1. The lowest BCUT2D eigenvalue weighted by molar-refractivity contribution is -0.136. The number of carboxylic acid groups (broad SMARTS) is 1. The van der Waals surface area contributed by atoms with Crippen LogP contribution in [0.3, 0.4) is 0 Å². The fourth-order valence-corrected chi connectivity index (χ4v) is 1.52. The van der Waals surface area contributed by atoms with Gasteiger partial charge in [0, 0.05) is 6.20 Å². The Morgan fingerprint density at radius 1 is 1.17 bits per heavy atom. The highest BCUT2D eigenvalue weighted by Crippen LogP contribution is 2.14. The highest BCUT2D eigenvalue weighted by Gasteiger charge is 2.01.